The fourth-order valence-corrected chi connectivity index (χ4v) is 1.42. The molecule has 0 aliphatic carbocycles. The number of hydrogen-bond donors (Lipinski definition) is 0. The molecule has 1 aromatic carbocycles. The van der Waals surface area contributed by atoms with E-state index >= 15 is 0 Å². The first-order valence-electron chi connectivity index (χ1n) is 5.21. The van der Waals surface area contributed by atoms with E-state index in [1.807, 2.05) is 26.8 Å². The fourth-order valence-electron chi connectivity index (χ4n) is 1.42. The summed E-state index contributed by atoms with van der Waals surface area (Å²) in [6.07, 6.45) is 0. The number of benzene rings is 1. The highest BCUT2D eigenvalue weighted by molar-refractivity contribution is 5.31. The molecule has 0 fully saturated rings. The molecule has 0 aliphatic rings. The fraction of sp³-hybridized carbons (Fsp3) is 0.538. The van der Waals surface area contributed by atoms with Crippen LogP contribution in [0.1, 0.15) is 44.7 Å². The summed E-state index contributed by atoms with van der Waals surface area (Å²) in [6.45, 7) is 7.37. The van der Waals surface area contributed by atoms with Crippen LogP contribution in [0, 0.1) is 5.82 Å². The minimum absolute atomic E-state index is 0.104. The molecule has 2 heteroatoms. The van der Waals surface area contributed by atoms with E-state index in [4.69, 9.17) is 0 Å². The standard InChI is InChI=1S/C13H18F2/c1-9(8-14)10-5-11(13(2,3)4)7-12(15)6-10/h5-7,9H,8H2,1-4H3. The van der Waals surface area contributed by atoms with Gasteiger partial charge in [0.2, 0.25) is 0 Å². The zero-order chi connectivity index (χ0) is 11.6. The van der Waals surface area contributed by atoms with Gasteiger partial charge in [-0.15, -0.1) is 0 Å². The van der Waals surface area contributed by atoms with Crippen molar-refractivity contribution in [2.75, 3.05) is 6.67 Å². The van der Waals surface area contributed by atoms with Crippen LogP contribution in [0.4, 0.5) is 8.78 Å². The molecule has 1 unspecified atom stereocenters. The van der Waals surface area contributed by atoms with Gasteiger partial charge in [-0.05, 0) is 28.7 Å². The summed E-state index contributed by atoms with van der Waals surface area (Å²) in [7, 11) is 0. The molecule has 0 saturated heterocycles. The lowest BCUT2D eigenvalue weighted by Gasteiger charge is -2.21. The van der Waals surface area contributed by atoms with Crippen molar-refractivity contribution in [3.05, 3.63) is 35.1 Å². The van der Waals surface area contributed by atoms with Crippen molar-refractivity contribution in [1.29, 1.82) is 0 Å². The molecule has 0 heterocycles. The van der Waals surface area contributed by atoms with Crippen LogP contribution in [-0.2, 0) is 5.41 Å². The zero-order valence-corrected chi connectivity index (χ0v) is 9.77. The summed E-state index contributed by atoms with van der Waals surface area (Å²) in [5.41, 5.74) is 1.55. The third kappa shape index (κ3) is 3.01. The first-order chi connectivity index (χ1) is 6.84. The molecule has 0 aromatic heterocycles. The predicted molar refractivity (Wildman–Crippen MR) is 59.5 cm³/mol. The highest BCUT2D eigenvalue weighted by atomic mass is 19.1. The molecule has 0 amide bonds. The lowest BCUT2D eigenvalue weighted by Crippen LogP contribution is -2.12. The lowest BCUT2D eigenvalue weighted by atomic mass is 9.85. The molecule has 0 bridgehead atoms. The van der Waals surface area contributed by atoms with Crippen molar-refractivity contribution in [3.63, 3.8) is 0 Å². The Balaban J connectivity index is 3.17. The third-order valence-electron chi connectivity index (χ3n) is 2.59. The van der Waals surface area contributed by atoms with E-state index in [2.05, 4.69) is 0 Å². The summed E-state index contributed by atoms with van der Waals surface area (Å²) in [6, 6.07) is 4.83. The summed E-state index contributed by atoms with van der Waals surface area (Å²) in [5.74, 6) is -0.514. The van der Waals surface area contributed by atoms with Crippen molar-refractivity contribution >= 4 is 0 Å². The van der Waals surface area contributed by atoms with Crippen LogP contribution < -0.4 is 0 Å². The van der Waals surface area contributed by atoms with Crippen LogP contribution in [0.5, 0.6) is 0 Å². The van der Waals surface area contributed by atoms with E-state index < -0.39 is 6.67 Å². The number of alkyl halides is 1. The Morgan fingerprint density at radius 1 is 1.20 bits per heavy atom. The molecule has 0 saturated carbocycles. The Kier molecular flexibility index (Phi) is 3.48. The van der Waals surface area contributed by atoms with Gasteiger partial charge in [-0.3, -0.25) is 4.39 Å². The van der Waals surface area contributed by atoms with Gasteiger partial charge in [0.15, 0.2) is 0 Å². The molecule has 84 valence electrons. The average Bonchev–Trinajstić information content (AvgIpc) is 2.14. The van der Waals surface area contributed by atoms with E-state index in [1.54, 1.807) is 6.92 Å². The molecule has 1 atom stereocenters. The third-order valence-corrected chi connectivity index (χ3v) is 2.59. The van der Waals surface area contributed by atoms with Gasteiger partial charge in [0.1, 0.15) is 5.82 Å². The van der Waals surface area contributed by atoms with Gasteiger partial charge in [-0.25, -0.2) is 4.39 Å². The Morgan fingerprint density at radius 2 is 1.80 bits per heavy atom. The second-order valence-electron chi connectivity index (χ2n) is 5.08. The Bertz CT molecular complexity index is 337. The van der Waals surface area contributed by atoms with E-state index in [0.29, 0.717) is 0 Å². The minimum Gasteiger partial charge on any atom is -0.250 e. The van der Waals surface area contributed by atoms with Crippen LogP contribution in [0.2, 0.25) is 0 Å². The largest absolute Gasteiger partial charge is 0.250 e. The molecule has 0 spiro atoms. The second-order valence-corrected chi connectivity index (χ2v) is 5.08. The summed E-state index contributed by atoms with van der Waals surface area (Å²) in [5, 5.41) is 0. The molecule has 0 nitrogen and oxygen atoms in total. The molecule has 0 aliphatic heterocycles. The van der Waals surface area contributed by atoms with Gasteiger partial charge >= 0.3 is 0 Å². The molecular weight excluding hydrogens is 194 g/mol. The maximum Gasteiger partial charge on any atom is 0.123 e. The van der Waals surface area contributed by atoms with E-state index in [9.17, 15) is 8.78 Å². The Hall–Kier alpha value is -0.920. The van der Waals surface area contributed by atoms with Crippen molar-refractivity contribution in [3.8, 4) is 0 Å². The first kappa shape index (κ1) is 12.2. The Labute approximate surface area is 90.3 Å². The maximum atomic E-state index is 13.3. The molecule has 15 heavy (non-hydrogen) atoms. The van der Waals surface area contributed by atoms with Gasteiger partial charge in [-0.2, -0.15) is 0 Å². The number of hydrogen-bond acceptors (Lipinski definition) is 0. The summed E-state index contributed by atoms with van der Waals surface area (Å²) < 4.78 is 25.8. The topological polar surface area (TPSA) is 0 Å². The Morgan fingerprint density at radius 3 is 2.27 bits per heavy atom. The summed E-state index contributed by atoms with van der Waals surface area (Å²) >= 11 is 0. The normalized spacial score (nSPS) is 14.0. The van der Waals surface area contributed by atoms with Crippen molar-refractivity contribution in [2.24, 2.45) is 0 Å². The smallest absolute Gasteiger partial charge is 0.123 e. The molecule has 0 radical (unpaired) electrons. The molecular formula is C13H18F2. The van der Waals surface area contributed by atoms with Crippen LogP contribution in [-0.4, -0.2) is 6.67 Å². The van der Waals surface area contributed by atoms with Gasteiger partial charge in [0.05, 0.1) is 6.67 Å². The van der Waals surface area contributed by atoms with Gasteiger partial charge in [0.25, 0.3) is 0 Å². The maximum absolute atomic E-state index is 13.3. The van der Waals surface area contributed by atoms with E-state index in [1.165, 1.54) is 12.1 Å². The molecule has 1 aromatic rings. The minimum atomic E-state index is -0.451. The monoisotopic (exact) mass is 212 g/mol. The molecule has 1 rings (SSSR count). The van der Waals surface area contributed by atoms with Gasteiger partial charge in [0, 0.05) is 5.92 Å². The predicted octanol–water partition coefficient (Wildman–Crippen LogP) is 4.20. The van der Waals surface area contributed by atoms with E-state index in [0.717, 1.165) is 11.1 Å². The quantitative estimate of drug-likeness (QED) is 0.689. The van der Waals surface area contributed by atoms with Gasteiger partial charge in [-0.1, -0.05) is 33.8 Å². The van der Waals surface area contributed by atoms with Crippen molar-refractivity contribution < 1.29 is 8.78 Å². The average molecular weight is 212 g/mol. The zero-order valence-electron chi connectivity index (χ0n) is 9.77. The van der Waals surface area contributed by atoms with Crippen LogP contribution in [0.3, 0.4) is 0 Å². The van der Waals surface area contributed by atoms with Gasteiger partial charge < -0.3 is 0 Å². The first-order valence-corrected chi connectivity index (χ1v) is 5.21. The van der Waals surface area contributed by atoms with Crippen LogP contribution in [0.15, 0.2) is 18.2 Å². The SMILES string of the molecule is CC(CF)c1cc(F)cc(C(C)(C)C)c1. The van der Waals surface area contributed by atoms with Crippen molar-refractivity contribution in [2.45, 2.75) is 39.0 Å². The number of rotatable bonds is 2. The highest BCUT2D eigenvalue weighted by Gasteiger charge is 2.17. The molecule has 0 N–H and O–H groups in total. The summed E-state index contributed by atoms with van der Waals surface area (Å²) in [4.78, 5) is 0. The lowest BCUT2D eigenvalue weighted by molar-refractivity contribution is 0.445. The van der Waals surface area contributed by atoms with Crippen molar-refractivity contribution in [1.82, 2.24) is 0 Å². The van der Waals surface area contributed by atoms with Crippen LogP contribution in [0.25, 0.3) is 0 Å². The van der Waals surface area contributed by atoms with E-state index in [-0.39, 0.29) is 17.2 Å². The highest BCUT2D eigenvalue weighted by Crippen LogP contribution is 2.27. The second kappa shape index (κ2) is 4.30. The van der Waals surface area contributed by atoms with Crippen LogP contribution >= 0.6 is 0 Å². The number of halogens is 2.